The second-order valence-electron chi connectivity index (χ2n) is 5.89. The highest BCUT2D eigenvalue weighted by atomic mass is 16.3. The molecule has 2 rings (SSSR count). The molecular weight excluding hydrogens is 224 g/mol. The number of rotatable bonds is 5. The first-order chi connectivity index (χ1) is 8.59. The Balaban J connectivity index is 1.82. The van der Waals surface area contributed by atoms with Crippen LogP contribution in [0.1, 0.15) is 25.8 Å². The Labute approximate surface area is 110 Å². The lowest BCUT2D eigenvalue weighted by atomic mass is 10.1. The first kappa shape index (κ1) is 13.5. The molecule has 1 atom stereocenters. The summed E-state index contributed by atoms with van der Waals surface area (Å²) in [4.78, 5) is 2.47. The van der Waals surface area contributed by atoms with E-state index in [-0.39, 0.29) is 12.1 Å². The summed E-state index contributed by atoms with van der Waals surface area (Å²) in [7, 11) is 0. The highest BCUT2D eigenvalue weighted by Crippen LogP contribution is 2.15. The molecule has 1 aromatic carbocycles. The van der Waals surface area contributed by atoms with Gasteiger partial charge in [0.1, 0.15) is 0 Å². The molecule has 1 heterocycles. The maximum absolute atomic E-state index is 9.28. The van der Waals surface area contributed by atoms with Crippen LogP contribution in [0.2, 0.25) is 0 Å². The second kappa shape index (κ2) is 5.83. The fourth-order valence-corrected chi connectivity index (χ4v) is 2.53. The molecule has 100 valence electrons. The zero-order chi connectivity index (χ0) is 13.0. The molecule has 1 saturated heterocycles. The third kappa shape index (κ3) is 3.80. The molecule has 3 heteroatoms. The van der Waals surface area contributed by atoms with Crippen LogP contribution in [0, 0.1) is 0 Å². The topological polar surface area (TPSA) is 35.5 Å². The smallest absolute Gasteiger partial charge is 0.0607 e. The van der Waals surface area contributed by atoms with Crippen molar-refractivity contribution >= 4 is 0 Å². The lowest BCUT2D eigenvalue weighted by Crippen LogP contribution is -2.49. The summed E-state index contributed by atoms with van der Waals surface area (Å²) in [5, 5.41) is 12.8. The molecule has 0 saturated carbocycles. The molecule has 1 aliphatic rings. The van der Waals surface area contributed by atoms with Gasteiger partial charge in [-0.15, -0.1) is 0 Å². The van der Waals surface area contributed by atoms with E-state index in [1.165, 1.54) is 5.56 Å². The van der Waals surface area contributed by atoms with Crippen LogP contribution in [0.5, 0.6) is 0 Å². The molecule has 2 N–H and O–H groups in total. The molecule has 0 radical (unpaired) electrons. The monoisotopic (exact) mass is 248 g/mol. The summed E-state index contributed by atoms with van der Waals surface area (Å²) in [5.41, 5.74) is 1.20. The molecule has 18 heavy (non-hydrogen) atoms. The molecule has 0 spiro atoms. The number of aliphatic hydroxyl groups excluding tert-OH is 1. The Kier molecular flexibility index (Phi) is 4.38. The standard InChI is InChI=1S/C15H24N2O/c1-15(2,12-18)16-14-8-9-17(11-14)10-13-6-4-3-5-7-13/h3-7,14,16,18H,8-12H2,1-2H3. The van der Waals surface area contributed by atoms with Crippen molar-refractivity contribution in [2.24, 2.45) is 0 Å². The minimum atomic E-state index is -0.173. The van der Waals surface area contributed by atoms with Crippen molar-refractivity contribution in [2.75, 3.05) is 19.7 Å². The van der Waals surface area contributed by atoms with Gasteiger partial charge in [-0.1, -0.05) is 30.3 Å². The van der Waals surface area contributed by atoms with E-state index >= 15 is 0 Å². The average Bonchev–Trinajstić information content (AvgIpc) is 2.77. The van der Waals surface area contributed by atoms with Gasteiger partial charge in [-0.2, -0.15) is 0 Å². The number of likely N-dealkylation sites (tertiary alicyclic amines) is 1. The number of benzene rings is 1. The Morgan fingerprint density at radius 1 is 1.33 bits per heavy atom. The van der Waals surface area contributed by atoms with Crippen LogP contribution in [0.4, 0.5) is 0 Å². The van der Waals surface area contributed by atoms with Crippen LogP contribution < -0.4 is 5.32 Å². The molecule has 0 aromatic heterocycles. The Morgan fingerprint density at radius 3 is 2.72 bits per heavy atom. The molecule has 0 bridgehead atoms. The lowest BCUT2D eigenvalue weighted by molar-refractivity contribution is 0.174. The van der Waals surface area contributed by atoms with E-state index in [1.807, 2.05) is 13.8 Å². The molecule has 3 nitrogen and oxygen atoms in total. The van der Waals surface area contributed by atoms with Crippen molar-refractivity contribution in [1.29, 1.82) is 0 Å². The summed E-state index contributed by atoms with van der Waals surface area (Å²) < 4.78 is 0. The third-order valence-corrected chi connectivity index (χ3v) is 3.51. The molecular formula is C15H24N2O. The SMILES string of the molecule is CC(C)(CO)NC1CCN(Cc2ccccc2)C1. The van der Waals surface area contributed by atoms with Crippen LogP contribution in [0.15, 0.2) is 30.3 Å². The Morgan fingerprint density at radius 2 is 2.06 bits per heavy atom. The van der Waals surface area contributed by atoms with Gasteiger partial charge in [0.2, 0.25) is 0 Å². The Bertz CT molecular complexity index is 364. The van der Waals surface area contributed by atoms with E-state index < -0.39 is 0 Å². The summed E-state index contributed by atoms with van der Waals surface area (Å²) in [6.45, 7) is 7.51. The number of aliphatic hydroxyl groups is 1. The van der Waals surface area contributed by atoms with Gasteiger partial charge in [0.15, 0.2) is 0 Å². The van der Waals surface area contributed by atoms with Gasteiger partial charge in [0, 0.05) is 31.2 Å². The lowest BCUT2D eigenvalue weighted by Gasteiger charge is -2.28. The van der Waals surface area contributed by atoms with Gasteiger partial charge in [-0.3, -0.25) is 4.90 Å². The summed E-state index contributed by atoms with van der Waals surface area (Å²) in [5.74, 6) is 0. The van der Waals surface area contributed by atoms with Crippen LogP contribution in [0.3, 0.4) is 0 Å². The fourth-order valence-electron chi connectivity index (χ4n) is 2.53. The van der Waals surface area contributed by atoms with Gasteiger partial charge < -0.3 is 10.4 Å². The quantitative estimate of drug-likeness (QED) is 0.831. The minimum absolute atomic E-state index is 0.173. The normalized spacial score (nSPS) is 21.4. The predicted molar refractivity (Wildman–Crippen MR) is 74.4 cm³/mol. The fraction of sp³-hybridized carbons (Fsp3) is 0.600. The van der Waals surface area contributed by atoms with Crippen LogP contribution >= 0.6 is 0 Å². The van der Waals surface area contributed by atoms with E-state index in [1.54, 1.807) is 0 Å². The first-order valence-electron chi connectivity index (χ1n) is 6.74. The summed E-state index contributed by atoms with van der Waals surface area (Å²) in [6.07, 6.45) is 1.16. The summed E-state index contributed by atoms with van der Waals surface area (Å²) >= 11 is 0. The van der Waals surface area contributed by atoms with E-state index in [0.717, 1.165) is 26.1 Å². The minimum Gasteiger partial charge on any atom is -0.394 e. The van der Waals surface area contributed by atoms with Crippen molar-refractivity contribution < 1.29 is 5.11 Å². The van der Waals surface area contributed by atoms with Gasteiger partial charge in [-0.25, -0.2) is 0 Å². The third-order valence-electron chi connectivity index (χ3n) is 3.51. The molecule has 1 fully saturated rings. The van der Waals surface area contributed by atoms with Gasteiger partial charge in [0.25, 0.3) is 0 Å². The molecule has 1 unspecified atom stereocenters. The maximum atomic E-state index is 9.28. The van der Waals surface area contributed by atoms with Crippen molar-refractivity contribution in [2.45, 2.75) is 38.4 Å². The number of nitrogens with zero attached hydrogens (tertiary/aromatic N) is 1. The van der Waals surface area contributed by atoms with Gasteiger partial charge in [0.05, 0.1) is 6.61 Å². The van der Waals surface area contributed by atoms with Crippen LogP contribution in [-0.2, 0) is 6.54 Å². The molecule has 0 amide bonds. The second-order valence-corrected chi connectivity index (χ2v) is 5.89. The largest absolute Gasteiger partial charge is 0.394 e. The van der Waals surface area contributed by atoms with Crippen molar-refractivity contribution in [3.8, 4) is 0 Å². The van der Waals surface area contributed by atoms with Crippen LogP contribution in [0.25, 0.3) is 0 Å². The summed E-state index contributed by atoms with van der Waals surface area (Å²) in [6, 6.07) is 11.1. The van der Waals surface area contributed by atoms with Crippen molar-refractivity contribution in [3.05, 3.63) is 35.9 Å². The number of hydrogen-bond donors (Lipinski definition) is 2. The average molecular weight is 248 g/mol. The van der Waals surface area contributed by atoms with Crippen molar-refractivity contribution in [3.63, 3.8) is 0 Å². The number of hydrogen-bond acceptors (Lipinski definition) is 3. The van der Waals surface area contributed by atoms with Crippen LogP contribution in [-0.4, -0.2) is 41.3 Å². The zero-order valence-electron chi connectivity index (χ0n) is 11.4. The first-order valence-corrected chi connectivity index (χ1v) is 6.74. The molecule has 1 aliphatic heterocycles. The van der Waals surface area contributed by atoms with E-state index in [9.17, 15) is 5.11 Å². The van der Waals surface area contributed by atoms with E-state index in [0.29, 0.717) is 6.04 Å². The molecule has 0 aliphatic carbocycles. The predicted octanol–water partition coefficient (Wildman–Crippen LogP) is 1.62. The van der Waals surface area contributed by atoms with Crippen molar-refractivity contribution in [1.82, 2.24) is 10.2 Å². The zero-order valence-corrected chi connectivity index (χ0v) is 11.4. The van der Waals surface area contributed by atoms with Gasteiger partial charge >= 0.3 is 0 Å². The Hall–Kier alpha value is -0.900. The molecule has 1 aromatic rings. The maximum Gasteiger partial charge on any atom is 0.0607 e. The highest BCUT2D eigenvalue weighted by molar-refractivity contribution is 5.14. The highest BCUT2D eigenvalue weighted by Gasteiger charge is 2.27. The van der Waals surface area contributed by atoms with E-state index in [4.69, 9.17) is 0 Å². The number of nitrogens with one attached hydrogen (secondary N) is 1. The van der Waals surface area contributed by atoms with E-state index in [2.05, 4.69) is 40.5 Å². The van der Waals surface area contributed by atoms with Gasteiger partial charge in [-0.05, 0) is 25.8 Å².